The Labute approximate surface area is 207 Å². The maximum Gasteiger partial charge on any atom is 0.257 e. The summed E-state index contributed by atoms with van der Waals surface area (Å²) < 4.78 is 11.6. The molecule has 7 nitrogen and oxygen atoms in total. The van der Waals surface area contributed by atoms with Gasteiger partial charge in [0.2, 0.25) is 5.88 Å². The Hall–Kier alpha value is -2.88. The summed E-state index contributed by atoms with van der Waals surface area (Å²) in [6.45, 7) is 2.79. The molecule has 0 aliphatic carbocycles. The van der Waals surface area contributed by atoms with E-state index in [9.17, 15) is 4.79 Å². The molecule has 3 heterocycles. The average molecular weight is 497 g/mol. The quantitative estimate of drug-likeness (QED) is 0.421. The van der Waals surface area contributed by atoms with Crippen molar-refractivity contribution in [2.24, 2.45) is 0 Å². The van der Waals surface area contributed by atoms with E-state index in [-0.39, 0.29) is 11.6 Å². The first-order chi connectivity index (χ1) is 16.6. The van der Waals surface area contributed by atoms with Gasteiger partial charge in [-0.1, -0.05) is 18.2 Å². The van der Waals surface area contributed by atoms with Crippen LogP contribution < -0.4 is 20.1 Å². The summed E-state index contributed by atoms with van der Waals surface area (Å²) in [5.74, 6) is 1.74. The Balaban J connectivity index is 1.40. The molecule has 1 unspecified atom stereocenters. The normalized spacial score (nSPS) is 15.2. The SMILES string of the molecule is CNCC[C@@H](c1cccs1)C([SiH3])Oc1ccc(CN2CCNc3cc(OC)ncc3C2=O)cc1. The fraction of sp³-hybridized carbons (Fsp3) is 0.360. The van der Waals surface area contributed by atoms with Crippen molar-refractivity contribution in [2.75, 3.05) is 39.1 Å². The number of hydrogen-bond acceptors (Lipinski definition) is 7. The first-order valence-corrected chi connectivity index (χ1v) is 13.6. The highest BCUT2D eigenvalue weighted by molar-refractivity contribution is 7.10. The van der Waals surface area contributed by atoms with Gasteiger partial charge < -0.3 is 25.0 Å². The van der Waals surface area contributed by atoms with Crippen LogP contribution in [0.3, 0.4) is 0 Å². The van der Waals surface area contributed by atoms with Gasteiger partial charge in [0.1, 0.15) is 5.75 Å². The number of rotatable bonds is 10. The summed E-state index contributed by atoms with van der Waals surface area (Å²) in [5.41, 5.74) is 2.59. The van der Waals surface area contributed by atoms with Crippen molar-refractivity contribution in [3.63, 3.8) is 0 Å². The summed E-state index contributed by atoms with van der Waals surface area (Å²) in [5, 5.41) is 8.71. The van der Waals surface area contributed by atoms with Crippen LogP contribution in [0.25, 0.3) is 0 Å². The molecule has 0 radical (unpaired) electrons. The molecule has 1 aromatic carbocycles. The van der Waals surface area contributed by atoms with Crippen molar-refractivity contribution < 1.29 is 14.3 Å². The molecule has 1 aliphatic heterocycles. The van der Waals surface area contributed by atoms with Crippen LogP contribution in [0.2, 0.25) is 0 Å². The zero-order chi connectivity index (χ0) is 23.9. The molecule has 9 heteroatoms. The minimum atomic E-state index is -0.0292. The number of thiophene rings is 1. The van der Waals surface area contributed by atoms with Crippen LogP contribution in [0.4, 0.5) is 5.69 Å². The molecule has 34 heavy (non-hydrogen) atoms. The lowest BCUT2D eigenvalue weighted by molar-refractivity contribution is 0.0755. The number of fused-ring (bicyclic) bond motifs is 1. The van der Waals surface area contributed by atoms with E-state index in [4.69, 9.17) is 9.47 Å². The lowest BCUT2D eigenvalue weighted by Gasteiger charge is -2.25. The maximum atomic E-state index is 13.1. The third-order valence-electron chi connectivity index (χ3n) is 6.10. The van der Waals surface area contributed by atoms with Gasteiger partial charge in [-0.05, 0) is 49.2 Å². The molecular formula is C25H32N4O3SSi. The standard InChI is InChI=1S/C25H32N4O3SSi/c1-26-10-9-19(22-4-3-13-33-22)25(34)32-18-7-5-17(6-8-18)16-29-12-11-27-21-14-23(31-2)28-15-20(21)24(29)30/h3-8,13-15,19,25-27H,9-12,16H2,1-2,34H3/t19-,25?/m0/s1. The van der Waals surface area contributed by atoms with Crippen LogP contribution in [0.15, 0.2) is 54.0 Å². The Morgan fingerprint density at radius 2 is 2.12 bits per heavy atom. The third-order valence-corrected chi connectivity index (χ3v) is 8.15. The first-order valence-electron chi connectivity index (χ1n) is 11.6. The van der Waals surface area contributed by atoms with Crippen LogP contribution in [-0.2, 0) is 6.54 Å². The second-order valence-electron chi connectivity index (χ2n) is 8.41. The van der Waals surface area contributed by atoms with Gasteiger partial charge in [-0.2, -0.15) is 0 Å². The van der Waals surface area contributed by atoms with E-state index in [0.29, 0.717) is 37.0 Å². The molecule has 0 saturated carbocycles. The number of nitrogens with zero attached hydrogens (tertiary/aromatic N) is 2. The molecule has 1 aliphatic rings. The van der Waals surface area contributed by atoms with E-state index in [1.165, 1.54) is 4.88 Å². The van der Waals surface area contributed by atoms with E-state index in [2.05, 4.69) is 45.3 Å². The van der Waals surface area contributed by atoms with Crippen molar-refractivity contribution in [3.8, 4) is 11.6 Å². The molecule has 4 rings (SSSR count). The number of ether oxygens (including phenoxy) is 2. The number of methoxy groups -OCH3 is 1. The highest BCUT2D eigenvalue weighted by Crippen LogP contribution is 2.29. The van der Waals surface area contributed by atoms with Crippen molar-refractivity contribution in [2.45, 2.75) is 24.6 Å². The van der Waals surface area contributed by atoms with E-state index in [0.717, 1.165) is 40.2 Å². The first kappa shape index (κ1) is 24.2. The Kier molecular flexibility index (Phi) is 8.20. The van der Waals surface area contributed by atoms with Gasteiger partial charge in [-0.15, -0.1) is 11.3 Å². The fourth-order valence-corrected chi connectivity index (χ4v) is 6.38. The van der Waals surface area contributed by atoms with Crippen LogP contribution in [-0.4, -0.2) is 65.6 Å². The molecule has 2 atom stereocenters. The van der Waals surface area contributed by atoms with Gasteiger partial charge in [-0.3, -0.25) is 4.79 Å². The zero-order valence-corrected chi connectivity index (χ0v) is 22.7. The van der Waals surface area contributed by atoms with E-state index < -0.39 is 0 Å². The Morgan fingerprint density at radius 1 is 1.29 bits per heavy atom. The van der Waals surface area contributed by atoms with Crippen LogP contribution >= 0.6 is 11.3 Å². The molecule has 1 amide bonds. The van der Waals surface area contributed by atoms with Gasteiger partial charge >= 0.3 is 0 Å². The van der Waals surface area contributed by atoms with Gasteiger partial charge in [0.15, 0.2) is 0 Å². The van der Waals surface area contributed by atoms with Crippen molar-refractivity contribution in [1.82, 2.24) is 15.2 Å². The van der Waals surface area contributed by atoms with Gasteiger partial charge in [-0.25, -0.2) is 4.98 Å². The smallest absolute Gasteiger partial charge is 0.257 e. The lowest BCUT2D eigenvalue weighted by atomic mass is 10.0. The van der Waals surface area contributed by atoms with E-state index in [1.54, 1.807) is 30.7 Å². The van der Waals surface area contributed by atoms with Crippen molar-refractivity contribution >= 4 is 33.2 Å². The number of carbonyl (C=O) groups is 1. The number of aromatic nitrogens is 1. The molecule has 0 bridgehead atoms. The summed E-state index contributed by atoms with van der Waals surface area (Å²) in [4.78, 5) is 20.5. The number of anilines is 1. The number of nitrogens with one attached hydrogen (secondary N) is 2. The molecule has 0 spiro atoms. The summed E-state index contributed by atoms with van der Waals surface area (Å²) in [7, 11) is 4.50. The minimum Gasteiger partial charge on any atom is -0.495 e. The molecule has 0 saturated heterocycles. The van der Waals surface area contributed by atoms with E-state index >= 15 is 0 Å². The predicted molar refractivity (Wildman–Crippen MR) is 140 cm³/mol. The van der Waals surface area contributed by atoms with E-state index in [1.807, 2.05) is 24.1 Å². The molecule has 2 N–H and O–H groups in total. The summed E-state index contributed by atoms with van der Waals surface area (Å²) in [6, 6.07) is 14.2. The second kappa shape index (κ2) is 11.5. The van der Waals surface area contributed by atoms with Crippen molar-refractivity contribution in [3.05, 3.63) is 70.0 Å². The van der Waals surface area contributed by atoms with Crippen LogP contribution in [0.5, 0.6) is 11.6 Å². The molecule has 3 aromatic rings. The van der Waals surface area contributed by atoms with Crippen LogP contribution in [0, 0.1) is 0 Å². The average Bonchev–Trinajstić information content (AvgIpc) is 3.34. The van der Waals surface area contributed by atoms with Gasteiger partial charge in [0.25, 0.3) is 5.91 Å². The molecule has 0 fully saturated rings. The third kappa shape index (κ3) is 5.78. The number of amides is 1. The minimum absolute atomic E-state index is 0.0292. The van der Waals surface area contributed by atoms with Gasteiger partial charge in [0, 0.05) is 42.7 Å². The highest BCUT2D eigenvalue weighted by Gasteiger charge is 2.24. The molecular weight excluding hydrogens is 464 g/mol. The summed E-state index contributed by atoms with van der Waals surface area (Å²) in [6.07, 6.45) is 2.64. The second-order valence-corrected chi connectivity index (χ2v) is 10.5. The Bertz CT molecular complexity index is 1080. The zero-order valence-electron chi connectivity index (χ0n) is 19.9. The fourth-order valence-electron chi connectivity index (χ4n) is 4.21. The monoisotopic (exact) mass is 496 g/mol. The lowest BCUT2D eigenvalue weighted by Crippen LogP contribution is -2.32. The largest absolute Gasteiger partial charge is 0.495 e. The Morgan fingerprint density at radius 3 is 2.82 bits per heavy atom. The van der Waals surface area contributed by atoms with Crippen LogP contribution in [0.1, 0.15) is 33.1 Å². The summed E-state index contributed by atoms with van der Waals surface area (Å²) >= 11 is 1.80. The number of pyridine rings is 1. The van der Waals surface area contributed by atoms with Gasteiger partial charge in [0.05, 0.1) is 34.3 Å². The van der Waals surface area contributed by atoms with Crippen molar-refractivity contribution in [1.29, 1.82) is 0 Å². The highest BCUT2D eigenvalue weighted by atomic mass is 32.1. The molecule has 2 aromatic heterocycles. The number of hydrogen-bond donors (Lipinski definition) is 2. The topological polar surface area (TPSA) is 75.7 Å². The maximum absolute atomic E-state index is 13.1. The predicted octanol–water partition coefficient (Wildman–Crippen LogP) is 2.68. The molecule has 180 valence electrons. The number of benzene rings is 1. The number of carbonyl (C=O) groups excluding carboxylic acids is 1.